The number of rotatable bonds is 9. The Bertz CT molecular complexity index is 1950. The average Bonchev–Trinajstić information content (AvgIpc) is 3.45. The zero-order valence-corrected chi connectivity index (χ0v) is 24.4. The summed E-state index contributed by atoms with van der Waals surface area (Å²) < 4.78 is 4.63. The van der Waals surface area contributed by atoms with E-state index in [9.17, 15) is 0 Å². The molecule has 2 aromatic heterocycles. The summed E-state index contributed by atoms with van der Waals surface area (Å²) in [6.07, 6.45) is 16.9. The molecule has 0 saturated heterocycles. The monoisotopic (exact) mass is 534 g/mol. The molecule has 0 radical (unpaired) electrons. The summed E-state index contributed by atoms with van der Waals surface area (Å²) in [5, 5.41) is 4.62. The van der Waals surface area contributed by atoms with E-state index in [1.807, 2.05) is 6.08 Å². The lowest BCUT2D eigenvalue weighted by molar-refractivity contribution is 0.771. The van der Waals surface area contributed by atoms with Crippen molar-refractivity contribution in [3.8, 4) is 0 Å². The SMILES string of the molecule is C=Cc1c(/C=C\C)c2ccc(/C=C/c3ccc(/C=C/C(=C)/C=c4\c(=C)c5ccccc5n4CC)cc3)cc2n1CC. The molecule has 0 N–H and O–H groups in total. The summed E-state index contributed by atoms with van der Waals surface area (Å²) in [6, 6.07) is 23.7. The van der Waals surface area contributed by atoms with Gasteiger partial charge in [0.15, 0.2) is 0 Å². The second-order valence-corrected chi connectivity index (χ2v) is 10.2. The first kappa shape index (κ1) is 27.7. The molecule has 0 unspecified atom stereocenters. The summed E-state index contributed by atoms with van der Waals surface area (Å²) in [4.78, 5) is 0. The van der Waals surface area contributed by atoms with Crippen LogP contribution in [0.4, 0.5) is 0 Å². The van der Waals surface area contributed by atoms with Crippen molar-refractivity contribution in [3.63, 3.8) is 0 Å². The third kappa shape index (κ3) is 5.47. The number of hydrogen-bond donors (Lipinski definition) is 0. The molecular weight excluding hydrogens is 496 g/mol. The van der Waals surface area contributed by atoms with E-state index in [1.165, 1.54) is 38.6 Å². The van der Waals surface area contributed by atoms with Crippen molar-refractivity contribution in [1.82, 2.24) is 9.13 Å². The largest absolute Gasteiger partial charge is 0.341 e. The van der Waals surface area contributed by atoms with Crippen molar-refractivity contribution >= 4 is 64.8 Å². The highest BCUT2D eigenvalue weighted by molar-refractivity contribution is 5.95. The molecule has 204 valence electrons. The number of fused-ring (bicyclic) bond motifs is 2. The van der Waals surface area contributed by atoms with Crippen molar-refractivity contribution in [2.45, 2.75) is 33.9 Å². The first-order valence-electron chi connectivity index (χ1n) is 14.3. The molecule has 0 atom stereocenters. The van der Waals surface area contributed by atoms with Gasteiger partial charge in [0.2, 0.25) is 0 Å². The van der Waals surface area contributed by atoms with Crippen LogP contribution in [0.3, 0.4) is 0 Å². The molecule has 0 aliphatic carbocycles. The van der Waals surface area contributed by atoms with E-state index >= 15 is 0 Å². The van der Waals surface area contributed by atoms with Crippen molar-refractivity contribution in [2.24, 2.45) is 0 Å². The highest BCUT2D eigenvalue weighted by Gasteiger charge is 2.12. The maximum atomic E-state index is 4.35. The van der Waals surface area contributed by atoms with E-state index in [1.54, 1.807) is 0 Å². The Kier molecular flexibility index (Phi) is 8.21. The van der Waals surface area contributed by atoms with Crippen LogP contribution >= 0.6 is 0 Å². The molecule has 0 bridgehead atoms. The minimum Gasteiger partial charge on any atom is -0.341 e. The minimum absolute atomic E-state index is 0.889. The van der Waals surface area contributed by atoms with Crippen LogP contribution in [0.25, 0.3) is 64.8 Å². The van der Waals surface area contributed by atoms with Gasteiger partial charge in [0.1, 0.15) is 0 Å². The summed E-state index contributed by atoms with van der Waals surface area (Å²) in [5.41, 5.74) is 9.28. The van der Waals surface area contributed by atoms with E-state index in [0.717, 1.165) is 40.4 Å². The highest BCUT2D eigenvalue weighted by Crippen LogP contribution is 2.30. The third-order valence-electron chi connectivity index (χ3n) is 7.67. The number of aryl methyl sites for hydroxylation is 2. The standard InChI is InChI=1S/C39H38N2/c1-7-13-34-35-25-24-32(27-39(35)40(9-3)36(34)8-2)23-22-31-20-18-30(19-21-31)17-16-28(5)26-38-29(6)33-14-11-12-15-37(33)41(38)10-4/h7-8,11-27H,2,5-6,9-10H2,1,3-4H3/b13-7-,17-16+,23-22+,38-26+. The smallest absolute Gasteiger partial charge is 0.0497 e. The molecule has 5 rings (SSSR count). The molecule has 2 heteroatoms. The molecule has 2 nitrogen and oxygen atoms in total. The maximum Gasteiger partial charge on any atom is 0.0497 e. The molecular formula is C39H38N2. The Morgan fingerprint density at radius 1 is 0.756 bits per heavy atom. The second-order valence-electron chi connectivity index (χ2n) is 10.2. The van der Waals surface area contributed by atoms with Gasteiger partial charge in [0, 0.05) is 56.7 Å². The Balaban J connectivity index is 1.34. The van der Waals surface area contributed by atoms with Crippen LogP contribution in [0, 0.1) is 0 Å². The number of para-hydroxylation sites is 1. The van der Waals surface area contributed by atoms with E-state index < -0.39 is 0 Å². The van der Waals surface area contributed by atoms with Gasteiger partial charge in [-0.2, -0.15) is 0 Å². The zero-order valence-electron chi connectivity index (χ0n) is 24.4. The van der Waals surface area contributed by atoms with E-state index in [-0.39, 0.29) is 0 Å². The molecule has 0 saturated carbocycles. The lowest BCUT2D eigenvalue weighted by Crippen LogP contribution is -2.27. The number of benzene rings is 3. The zero-order chi connectivity index (χ0) is 28.9. The van der Waals surface area contributed by atoms with Gasteiger partial charge < -0.3 is 9.13 Å². The fourth-order valence-corrected chi connectivity index (χ4v) is 5.66. The lowest BCUT2D eigenvalue weighted by Gasteiger charge is -2.05. The van der Waals surface area contributed by atoms with Gasteiger partial charge >= 0.3 is 0 Å². The van der Waals surface area contributed by atoms with E-state index in [0.29, 0.717) is 0 Å². The number of nitrogens with zero attached hydrogens (tertiary/aromatic N) is 2. The van der Waals surface area contributed by atoms with Gasteiger partial charge in [-0.3, -0.25) is 0 Å². The number of allylic oxidation sites excluding steroid dienone is 3. The van der Waals surface area contributed by atoms with Gasteiger partial charge in [0.25, 0.3) is 0 Å². The predicted molar refractivity (Wildman–Crippen MR) is 183 cm³/mol. The number of hydrogen-bond acceptors (Lipinski definition) is 0. The summed E-state index contributed by atoms with van der Waals surface area (Å²) >= 11 is 0. The molecule has 0 fully saturated rings. The normalized spacial score (nSPS) is 12.6. The Morgan fingerprint density at radius 2 is 1.41 bits per heavy atom. The predicted octanol–water partition coefficient (Wildman–Crippen LogP) is 8.94. The summed E-state index contributed by atoms with van der Waals surface area (Å²) in [7, 11) is 0. The van der Waals surface area contributed by atoms with Gasteiger partial charge in [-0.1, -0.05) is 111 Å². The molecule has 3 aromatic carbocycles. The first-order valence-corrected chi connectivity index (χ1v) is 14.3. The van der Waals surface area contributed by atoms with Crippen LogP contribution in [0.15, 0.2) is 97.6 Å². The Labute approximate surface area is 243 Å². The van der Waals surface area contributed by atoms with Crippen LogP contribution in [0.5, 0.6) is 0 Å². The van der Waals surface area contributed by atoms with Crippen LogP contribution < -0.4 is 10.6 Å². The van der Waals surface area contributed by atoms with E-state index in [2.05, 4.69) is 159 Å². The number of aromatic nitrogens is 2. The van der Waals surface area contributed by atoms with Gasteiger partial charge in [-0.05, 0) is 67.3 Å². The Morgan fingerprint density at radius 3 is 2.10 bits per heavy atom. The molecule has 0 aliphatic heterocycles. The van der Waals surface area contributed by atoms with Crippen molar-refractivity contribution < 1.29 is 0 Å². The quantitative estimate of drug-likeness (QED) is 0.132. The molecule has 41 heavy (non-hydrogen) atoms. The van der Waals surface area contributed by atoms with Crippen molar-refractivity contribution in [3.05, 3.63) is 136 Å². The summed E-state index contributed by atoms with van der Waals surface area (Å²) in [6.45, 7) is 20.9. The molecule has 0 amide bonds. The van der Waals surface area contributed by atoms with Gasteiger partial charge in [0.05, 0.1) is 0 Å². The second kappa shape index (κ2) is 12.1. The maximum absolute atomic E-state index is 4.35. The topological polar surface area (TPSA) is 9.86 Å². The molecule has 5 aromatic rings. The average molecular weight is 535 g/mol. The van der Waals surface area contributed by atoms with Crippen molar-refractivity contribution in [2.75, 3.05) is 0 Å². The van der Waals surface area contributed by atoms with Crippen LogP contribution in [-0.4, -0.2) is 9.13 Å². The highest BCUT2D eigenvalue weighted by atomic mass is 15.0. The van der Waals surface area contributed by atoms with Crippen LogP contribution in [0.1, 0.15) is 48.7 Å². The van der Waals surface area contributed by atoms with E-state index in [4.69, 9.17) is 0 Å². The minimum atomic E-state index is 0.889. The van der Waals surface area contributed by atoms with Crippen LogP contribution in [0.2, 0.25) is 0 Å². The van der Waals surface area contributed by atoms with Gasteiger partial charge in [-0.25, -0.2) is 0 Å². The Hall–Kier alpha value is -4.82. The lowest BCUT2D eigenvalue weighted by atomic mass is 10.1. The molecule has 2 heterocycles. The van der Waals surface area contributed by atoms with Crippen LogP contribution in [-0.2, 0) is 13.1 Å². The first-order chi connectivity index (χ1) is 20.0. The summed E-state index contributed by atoms with van der Waals surface area (Å²) in [5.74, 6) is 0. The fourth-order valence-electron chi connectivity index (χ4n) is 5.66. The third-order valence-corrected chi connectivity index (χ3v) is 7.67. The fraction of sp³-hybridized carbons (Fsp3) is 0.128. The molecule has 0 spiro atoms. The molecule has 0 aliphatic rings. The van der Waals surface area contributed by atoms with Crippen molar-refractivity contribution in [1.29, 1.82) is 0 Å². The van der Waals surface area contributed by atoms with Gasteiger partial charge in [-0.15, -0.1) is 0 Å².